The van der Waals surface area contributed by atoms with Gasteiger partial charge in [-0.05, 0) is 62.3 Å². The molecule has 0 bridgehead atoms. The van der Waals surface area contributed by atoms with E-state index in [0.717, 1.165) is 47.1 Å². The number of aryl methyl sites for hydroxylation is 1. The lowest BCUT2D eigenvalue weighted by molar-refractivity contribution is 0.196. The average molecular weight is 425 g/mol. The van der Waals surface area contributed by atoms with Crippen molar-refractivity contribution in [2.75, 3.05) is 25.6 Å². The van der Waals surface area contributed by atoms with E-state index in [1.54, 1.807) is 7.11 Å². The largest absolute Gasteiger partial charge is 0.457 e. The van der Waals surface area contributed by atoms with Crippen molar-refractivity contribution in [2.45, 2.75) is 26.8 Å². The van der Waals surface area contributed by atoms with E-state index in [0.29, 0.717) is 18.3 Å². The number of thiocarbonyl (C=S) groups is 1. The third kappa shape index (κ3) is 6.05. The Morgan fingerprint density at radius 3 is 2.60 bits per heavy atom. The zero-order valence-electron chi connectivity index (χ0n) is 17.6. The van der Waals surface area contributed by atoms with E-state index in [1.165, 1.54) is 0 Å². The van der Waals surface area contributed by atoms with Crippen LogP contribution in [0, 0.1) is 13.8 Å². The molecule has 0 saturated heterocycles. The Hall–Kier alpha value is -2.90. The van der Waals surface area contributed by atoms with Crippen LogP contribution in [0.1, 0.15) is 23.4 Å². The first-order valence-electron chi connectivity index (χ1n) is 9.96. The number of ether oxygens (including phenoxy) is 2. The highest BCUT2D eigenvalue weighted by Gasteiger charge is 2.13. The summed E-state index contributed by atoms with van der Waals surface area (Å²) in [7, 11) is 1.70. The number of rotatable bonds is 9. The lowest BCUT2D eigenvalue weighted by Gasteiger charge is -2.11. The molecule has 158 valence electrons. The molecule has 0 fully saturated rings. The van der Waals surface area contributed by atoms with Crippen molar-refractivity contribution in [1.82, 2.24) is 15.1 Å². The second kappa shape index (κ2) is 10.8. The lowest BCUT2D eigenvalue weighted by Crippen LogP contribution is -2.30. The number of nitrogens with one attached hydrogen (secondary N) is 2. The summed E-state index contributed by atoms with van der Waals surface area (Å²) in [6.45, 7) is 6.14. The first-order valence-corrected chi connectivity index (χ1v) is 10.4. The number of aromatic nitrogens is 2. The average Bonchev–Trinajstić information content (AvgIpc) is 2.99. The standard InChI is InChI=1S/C23H28N4O2S/c1-17-22(25-23(30)24-13-8-14-28-3)18(2)27(26-17)16-19-9-7-12-21(15-19)29-20-10-5-4-6-11-20/h4-7,9-12,15H,8,13-14,16H2,1-3H3,(H2,24,25,30). The quantitative estimate of drug-likeness (QED) is 0.385. The van der Waals surface area contributed by atoms with E-state index < -0.39 is 0 Å². The Bertz CT molecular complexity index is 973. The van der Waals surface area contributed by atoms with E-state index >= 15 is 0 Å². The number of benzene rings is 2. The molecule has 7 heteroatoms. The Kier molecular flexibility index (Phi) is 7.82. The van der Waals surface area contributed by atoms with Gasteiger partial charge in [0.25, 0.3) is 0 Å². The second-order valence-corrected chi connectivity index (χ2v) is 7.40. The minimum atomic E-state index is 0.593. The molecule has 0 spiro atoms. The fourth-order valence-corrected chi connectivity index (χ4v) is 3.32. The van der Waals surface area contributed by atoms with Crippen molar-refractivity contribution in [3.05, 3.63) is 71.5 Å². The van der Waals surface area contributed by atoms with Gasteiger partial charge in [-0.1, -0.05) is 30.3 Å². The molecule has 3 aromatic rings. The van der Waals surface area contributed by atoms with Crippen LogP contribution in [0.4, 0.5) is 5.69 Å². The molecule has 30 heavy (non-hydrogen) atoms. The summed E-state index contributed by atoms with van der Waals surface area (Å²) in [5.41, 5.74) is 3.99. The summed E-state index contributed by atoms with van der Waals surface area (Å²) in [5, 5.41) is 11.8. The Balaban J connectivity index is 1.65. The van der Waals surface area contributed by atoms with E-state index in [9.17, 15) is 0 Å². The van der Waals surface area contributed by atoms with Gasteiger partial charge in [0.15, 0.2) is 5.11 Å². The maximum absolute atomic E-state index is 5.95. The van der Waals surface area contributed by atoms with Crippen LogP contribution in [0.15, 0.2) is 54.6 Å². The highest BCUT2D eigenvalue weighted by molar-refractivity contribution is 7.80. The molecule has 3 rings (SSSR count). The van der Waals surface area contributed by atoms with Crippen molar-refractivity contribution in [1.29, 1.82) is 0 Å². The minimum absolute atomic E-state index is 0.593. The van der Waals surface area contributed by atoms with Gasteiger partial charge in [0.1, 0.15) is 11.5 Å². The predicted molar refractivity (Wildman–Crippen MR) is 124 cm³/mol. The second-order valence-electron chi connectivity index (χ2n) is 6.99. The number of anilines is 1. The highest BCUT2D eigenvalue weighted by Crippen LogP contribution is 2.24. The van der Waals surface area contributed by atoms with Crippen LogP contribution < -0.4 is 15.4 Å². The first kappa shape index (κ1) is 21.8. The van der Waals surface area contributed by atoms with Gasteiger partial charge >= 0.3 is 0 Å². The minimum Gasteiger partial charge on any atom is -0.457 e. The Labute approximate surface area is 183 Å². The van der Waals surface area contributed by atoms with Crippen LogP contribution in [0.2, 0.25) is 0 Å². The van der Waals surface area contributed by atoms with Crippen molar-refractivity contribution in [3.63, 3.8) is 0 Å². The van der Waals surface area contributed by atoms with E-state index in [4.69, 9.17) is 21.7 Å². The van der Waals surface area contributed by atoms with Gasteiger partial charge in [-0.2, -0.15) is 5.10 Å². The predicted octanol–water partition coefficient (Wildman–Crippen LogP) is 4.66. The Morgan fingerprint density at radius 2 is 1.83 bits per heavy atom. The van der Waals surface area contributed by atoms with Gasteiger partial charge in [0, 0.05) is 20.3 Å². The van der Waals surface area contributed by atoms with E-state index in [2.05, 4.69) is 21.8 Å². The summed E-state index contributed by atoms with van der Waals surface area (Å²) in [4.78, 5) is 0. The Morgan fingerprint density at radius 1 is 1.07 bits per heavy atom. The van der Waals surface area contributed by atoms with Crippen molar-refractivity contribution in [2.24, 2.45) is 0 Å². The van der Waals surface area contributed by atoms with Gasteiger partial charge < -0.3 is 20.1 Å². The van der Waals surface area contributed by atoms with Gasteiger partial charge in [0.05, 0.1) is 23.6 Å². The SMILES string of the molecule is COCCCNC(=S)Nc1c(C)nn(Cc2cccc(Oc3ccccc3)c2)c1C. The molecule has 1 aromatic heterocycles. The smallest absolute Gasteiger partial charge is 0.170 e. The fourth-order valence-electron chi connectivity index (χ4n) is 3.11. The van der Waals surface area contributed by atoms with Crippen molar-refractivity contribution in [3.8, 4) is 11.5 Å². The normalized spacial score (nSPS) is 10.6. The molecule has 0 unspecified atom stereocenters. The lowest BCUT2D eigenvalue weighted by atomic mass is 10.2. The van der Waals surface area contributed by atoms with Crippen LogP contribution in [-0.4, -0.2) is 35.2 Å². The molecule has 0 aliphatic heterocycles. The van der Waals surface area contributed by atoms with Crippen LogP contribution in [0.3, 0.4) is 0 Å². The fraction of sp³-hybridized carbons (Fsp3) is 0.304. The molecule has 6 nitrogen and oxygen atoms in total. The maximum atomic E-state index is 5.95. The molecule has 0 aliphatic carbocycles. The summed E-state index contributed by atoms with van der Waals surface area (Å²) < 4.78 is 13.0. The zero-order chi connectivity index (χ0) is 21.3. The summed E-state index contributed by atoms with van der Waals surface area (Å²) in [6, 6.07) is 17.8. The van der Waals surface area contributed by atoms with Crippen molar-refractivity contribution >= 4 is 23.0 Å². The molecule has 2 N–H and O–H groups in total. The summed E-state index contributed by atoms with van der Waals surface area (Å²) in [6.07, 6.45) is 0.900. The molecule has 0 atom stereocenters. The molecule has 0 amide bonds. The monoisotopic (exact) mass is 424 g/mol. The van der Waals surface area contributed by atoms with E-state index in [1.807, 2.05) is 67.1 Å². The van der Waals surface area contributed by atoms with Gasteiger partial charge in [-0.15, -0.1) is 0 Å². The number of hydrogen-bond acceptors (Lipinski definition) is 4. The molecule has 0 saturated carbocycles. The first-order chi connectivity index (χ1) is 14.6. The number of para-hydroxylation sites is 1. The zero-order valence-corrected chi connectivity index (χ0v) is 18.5. The molecule has 0 aliphatic rings. The molecule has 0 radical (unpaired) electrons. The number of hydrogen-bond donors (Lipinski definition) is 2. The highest BCUT2D eigenvalue weighted by atomic mass is 32.1. The number of nitrogens with zero attached hydrogens (tertiary/aromatic N) is 2. The molecule has 2 aromatic carbocycles. The maximum Gasteiger partial charge on any atom is 0.170 e. The summed E-state index contributed by atoms with van der Waals surface area (Å²) >= 11 is 5.41. The topological polar surface area (TPSA) is 60.3 Å². The van der Waals surface area contributed by atoms with E-state index in [-0.39, 0.29) is 0 Å². The third-order valence-corrected chi connectivity index (χ3v) is 4.89. The van der Waals surface area contributed by atoms with Crippen molar-refractivity contribution < 1.29 is 9.47 Å². The molecule has 1 heterocycles. The third-order valence-electron chi connectivity index (χ3n) is 4.64. The summed E-state index contributed by atoms with van der Waals surface area (Å²) in [5.74, 6) is 1.62. The van der Waals surface area contributed by atoms with Crippen LogP contribution in [0.5, 0.6) is 11.5 Å². The molecular weight excluding hydrogens is 396 g/mol. The van der Waals surface area contributed by atoms with Gasteiger partial charge in [-0.25, -0.2) is 0 Å². The van der Waals surface area contributed by atoms with Crippen LogP contribution in [-0.2, 0) is 11.3 Å². The van der Waals surface area contributed by atoms with Crippen LogP contribution in [0.25, 0.3) is 0 Å². The molecular formula is C23H28N4O2S. The van der Waals surface area contributed by atoms with Gasteiger partial charge in [0.2, 0.25) is 0 Å². The number of methoxy groups -OCH3 is 1. The van der Waals surface area contributed by atoms with Crippen LogP contribution >= 0.6 is 12.2 Å². The van der Waals surface area contributed by atoms with Gasteiger partial charge in [-0.3, -0.25) is 4.68 Å².